The SMILES string of the molecule is COc1cc(C(=O)N2CC(OC)C2)ccc1Nc1ncc(-c2ccc(C#N)c(OC(C)Cn3cnnn3)c2)cn1. The summed E-state index contributed by atoms with van der Waals surface area (Å²) in [6.07, 6.45) is 4.65. The second-order valence-corrected chi connectivity index (χ2v) is 9.19. The zero-order chi connectivity index (χ0) is 28.1. The van der Waals surface area contributed by atoms with E-state index in [0.717, 1.165) is 11.1 Å². The van der Waals surface area contributed by atoms with Gasteiger partial charge in [-0.1, -0.05) is 6.07 Å². The van der Waals surface area contributed by atoms with Crippen molar-refractivity contribution in [2.75, 3.05) is 32.6 Å². The lowest BCUT2D eigenvalue weighted by Crippen LogP contribution is -2.54. The molecule has 0 radical (unpaired) electrons. The fraction of sp³-hybridized carbons (Fsp3) is 0.296. The van der Waals surface area contributed by atoms with E-state index in [4.69, 9.17) is 14.2 Å². The predicted molar refractivity (Wildman–Crippen MR) is 143 cm³/mol. The first-order valence-electron chi connectivity index (χ1n) is 12.5. The first-order chi connectivity index (χ1) is 19.5. The van der Waals surface area contributed by atoms with E-state index in [-0.39, 0.29) is 18.1 Å². The number of tetrazole rings is 1. The molecule has 0 bridgehead atoms. The van der Waals surface area contributed by atoms with Gasteiger partial charge >= 0.3 is 0 Å². The Hall–Kier alpha value is -5.09. The van der Waals surface area contributed by atoms with Crippen LogP contribution in [0.4, 0.5) is 11.6 Å². The standard InChI is InChI=1S/C27H27N9O4/c1-17(13-36-16-31-33-34-36)40-24-8-18(4-5-20(24)10-28)21-11-29-27(30-12-21)32-23-7-6-19(9-25(23)39-3)26(37)35-14-22(15-35)38-2/h4-9,11-12,16-17,22H,13-15H2,1-3H3,(H,29,30,32). The number of anilines is 2. The van der Waals surface area contributed by atoms with Crippen molar-refractivity contribution < 1.29 is 19.0 Å². The van der Waals surface area contributed by atoms with Crippen LogP contribution in [0.2, 0.25) is 0 Å². The van der Waals surface area contributed by atoms with E-state index >= 15 is 0 Å². The third-order valence-corrected chi connectivity index (χ3v) is 6.41. The van der Waals surface area contributed by atoms with E-state index in [0.29, 0.717) is 53.9 Å². The van der Waals surface area contributed by atoms with Crippen molar-refractivity contribution in [2.45, 2.75) is 25.7 Å². The average molecular weight is 542 g/mol. The molecule has 13 nitrogen and oxygen atoms in total. The highest BCUT2D eigenvalue weighted by atomic mass is 16.5. The molecule has 3 heterocycles. The number of ether oxygens (including phenoxy) is 3. The lowest BCUT2D eigenvalue weighted by molar-refractivity contribution is -0.0192. The molecule has 2 aromatic carbocycles. The molecule has 0 aliphatic carbocycles. The third kappa shape index (κ3) is 5.82. The molecule has 204 valence electrons. The van der Waals surface area contributed by atoms with Crippen LogP contribution in [0.5, 0.6) is 11.5 Å². The van der Waals surface area contributed by atoms with Crippen LogP contribution in [0.25, 0.3) is 11.1 Å². The number of nitrogens with one attached hydrogen (secondary N) is 1. The maximum atomic E-state index is 12.7. The molecule has 4 aromatic rings. The van der Waals surface area contributed by atoms with Gasteiger partial charge in [0, 0.05) is 43.7 Å². The number of amides is 1. The third-order valence-electron chi connectivity index (χ3n) is 6.41. The van der Waals surface area contributed by atoms with Gasteiger partial charge in [0.05, 0.1) is 31.0 Å². The van der Waals surface area contributed by atoms with Gasteiger partial charge in [0.25, 0.3) is 5.91 Å². The number of nitrogens with zero attached hydrogens (tertiary/aromatic N) is 8. The molecular weight excluding hydrogens is 514 g/mol. The summed E-state index contributed by atoms with van der Waals surface area (Å²) in [5.74, 6) is 1.21. The fourth-order valence-corrected chi connectivity index (χ4v) is 4.20. The van der Waals surface area contributed by atoms with Crippen molar-refractivity contribution >= 4 is 17.5 Å². The number of benzene rings is 2. The van der Waals surface area contributed by atoms with Crippen molar-refractivity contribution in [3.8, 4) is 28.7 Å². The van der Waals surface area contributed by atoms with Gasteiger partial charge in [0.2, 0.25) is 5.95 Å². The maximum absolute atomic E-state index is 12.7. The molecule has 1 aliphatic heterocycles. The Morgan fingerprint density at radius 2 is 1.93 bits per heavy atom. The molecule has 40 heavy (non-hydrogen) atoms. The van der Waals surface area contributed by atoms with Gasteiger partial charge in [0.1, 0.15) is 30.0 Å². The van der Waals surface area contributed by atoms with Gasteiger partial charge in [-0.05, 0) is 53.2 Å². The largest absolute Gasteiger partial charge is 0.495 e. The van der Waals surface area contributed by atoms with Gasteiger partial charge in [-0.15, -0.1) is 5.10 Å². The van der Waals surface area contributed by atoms with E-state index in [1.807, 2.05) is 13.0 Å². The number of methoxy groups -OCH3 is 2. The number of likely N-dealkylation sites (tertiary alicyclic amines) is 1. The molecule has 1 saturated heterocycles. The van der Waals surface area contributed by atoms with Gasteiger partial charge in [0.15, 0.2) is 0 Å². The lowest BCUT2D eigenvalue weighted by atomic mass is 10.1. The fourth-order valence-electron chi connectivity index (χ4n) is 4.20. The molecule has 0 saturated carbocycles. The van der Waals surface area contributed by atoms with E-state index in [2.05, 4.69) is 36.9 Å². The van der Waals surface area contributed by atoms with Crippen LogP contribution < -0.4 is 14.8 Å². The topological polar surface area (TPSA) is 153 Å². The minimum atomic E-state index is -0.279. The second kappa shape index (κ2) is 11.7. The second-order valence-electron chi connectivity index (χ2n) is 9.19. The minimum Gasteiger partial charge on any atom is -0.495 e. The van der Waals surface area contributed by atoms with Crippen LogP contribution in [-0.2, 0) is 11.3 Å². The van der Waals surface area contributed by atoms with Crippen molar-refractivity contribution in [3.05, 3.63) is 66.2 Å². The summed E-state index contributed by atoms with van der Waals surface area (Å²) < 4.78 is 18.3. The molecule has 2 aromatic heterocycles. The number of carbonyl (C=O) groups excluding carboxylic acids is 1. The normalized spacial score (nSPS) is 13.7. The zero-order valence-electron chi connectivity index (χ0n) is 22.2. The van der Waals surface area contributed by atoms with Gasteiger partial charge in [-0.25, -0.2) is 14.6 Å². The average Bonchev–Trinajstić information content (AvgIpc) is 3.46. The van der Waals surface area contributed by atoms with Crippen LogP contribution in [0.3, 0.4) is 0 Å². The molecule has 1 atom stereocenters. The molecule has 1 unspecified atom stereocenters. The van der Waals surface area contributed by atoms with Crippen molar-refractivity contribution in [3.63, 3.8) is 0 Å². The number of nitriles is 1. The highest BCUT2D eigenvalue weighted by Crippen LogP contribution is 2.31. The number of rotatable bonds is 10. The minimum absolute atomic E-state index is 0.0747. The highest BCUT2D eigenvalue weighted by molar-refractivity contribution is 5.96. The van der Waals surface area contributed by atoms with Gasteiger partial charge in [-0.2, -0.15) is 5.26 Å². The Kier molecular flexibility index (Phi) is 7.79. The Balaban J connectivity index is 1.28. The molecule has 1 aliphatic rings. The zero-order valence-corrected chi connectivity index (χ0v) is 22.2. The summed E-state index contributed by atoms with van der Waals surface area (Å²) >= 11 is 0. The number of aromatic nitrogens is 6. The lowest BCUT2D eigenvalue weighted by Gasteiger charge is -2.38. The maximum Gasteiger partial charge on any atom is 0.254 e. The van der Waals surface area contributed by atoms with Crippen LogP contribution in [0, 0.1) is 11.3 Å². The summed E-state index contributed by atoms with van der Waals surface area (Å²) in [7, 11) is 3.18. The summed E-state index contributed by atoms with van der Waals surface area (Å²) in [5.41, 5.74) is 3.09. The first-order valence-corrected chi connectivity index (χ1v) is 12.5. The number of hydrogen-bond acceptors (Lipinski definition) is 11. The van der Waals surface area contributed by atoms with Crippen molar-refractivity contribution in [1.82, 2.24) is 35.1 Å². The quantitative estimate of drug-likeness (QED) is 0.315. The molecule has 1 N–H and O–H groups in total. The van der Waals surface area contributed by atoms with Crippen molar-refractivity contribution in [1.29, 1.82) is 5.26 Å². The molecule has 1 fully saturated rings. The van der Waals surface area contributed by atoms with Crippen LogP contribution >= 0.6 is 0 Å². The Morgan fingerprint density at radius 1 is 1.12 bits per heavy atom. The summed E-state index contributed by atoms with van der Waals surface area (Å²) in [5, 5.41) is 23.8. The van der Waals surface area contributed by atoms with Gasteiger partial charge in [-0.3, -0.25) is 4.79 Å². The smallest absolute Gasteiger partial charge is 0.254 e. The summed E-state index contributed by atoms with van der Waals surface area (Å²) in [4.78, 5) is 23.3. The first kappa shape index (κ1) is 26.5. The number of carbonyl (C=O) groups is 1. The molecular formula is C27H27N9O4. The summed E-state index contributed by atoms with van der Waals surface area (Å²) in [6.45, 7) is 3.45. The van der Waals surface area contributed by atoms with Crippen LogP contribution in [0.1, 0.15) is 22.8 Å². The molecule has 1 amide bonds. The van der Waals surface area contributed by atoms with E-state index < -0.39 is 0 Å². The molecule has 5 rings (SSSR count). The van der Waals surface area contributed by atoms with Crippen LogP contribution in [-0.4, -0.2) is 80.5 Å². The van der Waals surface area contributed by atoms with E-state index in [9.17, 15) is 10.1 Å². The number of hydrogen-bond donors (Lipinski definition) is 1. The van der Waals surface area contributed by atoms with Crippen LogP contribution in [0.15, 0.2) is 55.1 Å². The van der Waals surface area contributed by atoms with E-state index in [1.165, 1.54) is 13.4 Å². The summed E-state index contributed by atoms with van der Waals surface area (Å²) in [6, 6.07) is 12.6. The van der Waals surface area contributed by atoms with Gasteiger partial charge < -0.3 is 24.4 Å². The molecule has 13 heteroatoms. The monoisotopic (exact) mass is 541 g/mol. The predicted octanol–water partition coefficient (Wildman–Crippen LogP) is 2.69. The Labute approximate surface area is 230 Å². The van der Waals surface area contributed by atoms with E-state index in [1.54, 1.807) is 59.4 Å². The highest BCUT2D eigenvalue weighted by Gasteiger charge is 2.31. The molecule has 0 spiro atoms. The Morgan fingerprint density at radius 3 is 2.60 bits per heavy atom. The Bertz CT molecular complexity index is 1510. The van der Waals surface area contributed by atoms with Crippen molar-refractivity contribution in [2.24, 2.45) is 0 Å².